The highest BCUT2D eigenvalue weighted by atomic mass is 127. The predicted octanol–water partition coefficient (Wildman–Crippen LogP) is 0.786. The molecule has 2 heterocycles. The Morgan fingerprint density at radius 3 is 2.92 bits per heavy atom. The van der Waals surface area contributed by atoms with Crippen molar-refractivity contribution in [1.29, 1.82) is 0 Å². The van der Waals surface area contributed by atoms with Crippen molar-refractivity contribution in [3.63, 3.8) is 0 Å². The standard InChI is InChI=1S/C5H2ClIN4.H2O/c6-3-2-4(9-1-8-2)11-5(7)10-3;/h1H,(H,8,9,10,11);1H2. The molecule has 0 saturated heterocycles. The third kappa shape index (κ3) is 1.50. The molecule has 2 aromatic rings. The first-order chi connectivity index (χ1) is 5.27. The van der Waals surface area contributed by atoms with Crippen molar-refractivity contribution >= 4 is 45.4 Å². The lowest BCUT2D eigenvalue weighted by Gasteiger charge is -1.91. The molecule has 7 heteroatoms. The Bertz CT molecular complexity index is 403. The van der Waals surface area contributed by atoms with Crippen LogP contribution in [-0.2, 0) is 0 Å². The zero-order valence-electron chi connectivity index (χ0n) is 5.67. The minimum atomic E-state index is 0. The van der Waals surface area contributed by atoms with Crippen LogP contribution in [0.25, 0.3) is 11.2 Å². The molecular weight excluding hydrogens is 294 g/mol. The lowest BCUT2D eigenvalue weighted by molar-refractivity contribution is 0.824. The van der Waals surface area contributed by atoms with E-state index in [0.717, 1.165) is 0 Å². The van der Waals surface area contributed by atoms with Crippen molar-refractivity contribution in [2.45, 2.75) is 0 Å². The SMILES string of the molecule is Clc1nc(I)nc2nc[nH]c12.O. The first-order valence-electron chi connectivity index (χ1n) is 2.79. The summed E-state index contributed by atoms with van der Waals surface area (Å²) in [6, 6.07) is 0. The highest BCUT2D eigenvalue weighted by Crippen LogP contribution is 2.16. The van der Waals surface area contributed by atoms with Gasteiger partial charge in [0.25, 0.3) is 0 Å². The number of imidazole rings is 1. The average molecular weight is 298 g/mol. The largest absolute Gasteiger partial charge is 0.412 e. The minimum absolute atomic E-state index is 0. The Kier molecular flexibility index (Phi) is 2.80. The Labute approximate surface area is 86.0 Å². The Hall–Kier alpha value is -0.470. The van der Waals surface area contributed by atoms with Crippen molar-refractivity contribution in [1.82, 2.24) is 19.9 Å². The highest BCUT2D eigenvalue weighted by Gasteiger charge is 2.04. The first kappa shape index (κ1) is 9.62. The molecule has 0 aromatic carbocycles. The summed E-state index contributed by atoms with van der Waals surface area (Å²) >= 11 is 7.77. The van der Waals surface area contributed by atoms with Crippen molar-refractivity contribution in [2.75, 3.05) is 0 Å². The fourth-order valence-electron chi connectivity index (χ4n) is 0.773. The molecule has 0 unspecified atom stereocenters. The molecule has 0 saturated carbocycles. The van der Waals surface area contributed by atoms with Crippen molar-refractivity contribution in [3.8, 4) is 0 Å². The lowest BCUT2D eigenvalue weighted by atomic mass is 10.6. The fraction of sp³-hybridized carbons (Fsp3) is 0. The van der Waals surface area contributed by atoms with Gasteiger partial charge in [-0.15, -0.1) is 0 Å². The van der Waals surface area contributed by atoms with Gasteiger partial charge in [0.1, 0.15) is 5.52 Å². The van der Waals surface area contributed by atoms with Gasteiger partial charge in [-0.1, -0.05) is 11.6 Å². The van der Waals surface area contributed by atoms with Crippen molar-refractivity contribution in [2.24, 2.45) is 0 Å². The van der Waals surface area contributed by atoms with E-state index in [0.29, 0.717) is 20.1 Å². The molecule has 3 N–H and O–H groups in total. The molecule has 0 bridgehead atoms. The Morgan fingerprint density at radius 2 is 2.17 bits per heavy atom. The maximum absolute atomic E-state index is 5.78. The van der Waals surface area contributed by atoms with E-state index >= 15 is 0 Å². The topological polar surface area (TPSA) is 86.0 Å². The number of hydrogen-bond donors (Lipinski definition) is 1. The van der Waals surface area contributed by atoms with E-state index in [1.807, 2.05) is 22.6 Å². The summed E-state index contributed by atoms with van der Waals surface area (Å²) in [5, 5.41) is 0.414. The van der Waals surface area contributed by atoms with Crippen LogP contribution in [-0.4, -0.2) is 25.4 Å². The van der Waals surface area contributed by atoms with Crippen LogP contribution in [0.4, 0.5) is 0 Å². The number of aromatic nitrogens is 4. The normalized spacial score (nSPS) is 9.83. The van der Waals surface area contributed by atoms with Gasteiger partial charge in [-0.3, -0.25) is 0 Å². The molecule has 0 spiro atoms. The van der Waals surface area contributed by atoms with Gasteiger partial charge in [0.05, 0.1) is 6.33 Å². The summed E-state index contributed by atoms with van der Waals surface area (Å²) in [5.74, 6) is 0. The molecule has 0 amide bonds. The van der Waals surface area contributed by atoms with Crippen molar-refractivity contribution in [3.05, 3.63) is 15.3 Å². The number of aromatic amines is 1. The van der Waals surface area contributed by atoms with Crippen molar-refractivity contribution < 1.29 is 5.48 Å². The maximum atomic E-state index is 5.78. The average Bonchev–Trinajstić information content (AvgIpc) is 2.34. The molecule has 2 aromatic heterocycles. The Balaban J connectivity index is 0.000000720. The molecule has 0 atom stereocenters. The fourth-order valence-corrected chi connectivity index (χ4v) is 1.60. The summed E-state index contributed by atoms with van der Waals surface area (Å²) in [7, 11) is 0. The third-order valence-electron chi connectivity index (χ3n) is 1.21. The minimum Gasteiger partial charge on any atom is -0.412 e. The zero-order chi connectivity index (χ0) is 7.84. The molecule has 0 fully saturated rings. The summed E-state index contributed by atoms with van der Waals surface area (Å²) in [4.78, 5) is 14.8. The van der Waals surface area contributed by atoms with Crippen LogP contribution in [0.1, 0.15) is 0 Å². The Morgan fingerprint density at radius 1 is 1.42 bits per heavy atom. The molecule has 2 rings (SSSR count). The smallest absolute Gasteiger partial charge is 0.194 e. The van der Waals surface area contributed by atoms with Crippen LogP contribution in [0.15, 0.2) is 6.33 Å². The number of H-pyrrole nitrogens is 1. The molecule has 0 aliphatic carbocycles. The van der Waals surface area contributed by atoms with Crippen LogP contribution < -0.4 is 0 Å². The summed E-state index contributed by atoms with van der Waals surface area (Å²) in [6.07, 6.45) is 1.54. The molecule has 64 valence electrons. The van der Waals surface area contributed by atoms with Gasteiger partial charge >= 0.3 is 0 Å². The van der Waals surface area contributed by atoms with E-state index in [4.69, 9.17) is 11.6 Å². The quantitative estimate of drug-likeness (QED) is 0.443. The second kappa shape index (κ2) is 3.50. The summed E-state index contributed by atoms with van der Waals surface area (Å²) < 4.78 is 0.604. The first-order valence-corrected chi connectivity index (χ1v) is 4.25. The monoisotopic (exact) mass is 298 g/mol. The molecule has 0 aliphatic heterocycles. The van der Waals surface area contributed by atoms with Crippen LogP contribution in [0.5, 0.6) is 0 Å². The van der Waals surface area contributed by atoms with Gasteiger partial charge in [-0.25, -0.2) is 15.0 Å². The van der Waals surface area contributed by atoms with E-state index in [1.54, 1.807) is 6.33 Å². The van der Waals surface area contributed by atoms with Gasteiger partial charge in [-0.2, -0.15) is 0 Å². The second-order valence-corrected chi connectivity index (χ2v) is 3.21. The van der Waals surface area contributed by atoms with Gasteiger partial charge in [0.15, 0.2) is 14.6 Å². The summed E-state index contributed by atoms with van der Waals surface area (Å²) in [6.45, 7) is 0. The number of halogens is 2. The van der Waals surface area contributed by atoms with Crippen LogP contribution in [0.2, 0.25) is 5.15 Å². The van der Waals surface area contributed by atoms with Gasteiger partial charge in [-0.05, 0) is 0 Å². The predicted molar refractivity (Wildman–Crippen MR) is 53.0 cm³/mol. The number of hydrogen-bond acceptors (Lipinski definition) is 3. The number of rotatable bonds is 0. The van der Waals surface area contributed by atoms with E-state index in [1.165, 1.54) is 0 Å². The highest BCUT2D eigenvalue weighted by molar-refractivity contribution is 14.1. The van der Waals surface area contributed by atoms with Gasteiger partial charge in [0, 0.05) is 22.6 Å². The van der Waals surface area contributed by atoms with E-state index in [9.17, 15) is 0 Å². The van der Waals surface area contributed by atoms with Crippen LogP contribution in [0, 0.1) is 3.83 Å². The molecule has 0 aliphatic rings. The maximum Gasteiger partial charge on any atom is 0.194 e. The molecule has 0 radical (unpaired) electrons. The van der Waals surface area contributed by atoms with Gasteiger partial charge in [0.2, 0.25) is 0 Å². The number of nitrogens with zero attached hydrogens (tertiary/aromatic N) is 3. The van der Waals surface area contributed by atoms with Gasteiger partial charge < -0.3 is 10.5 Å². The third-order valence-corrected chi connectivity index (χ3v) is 1.97. The molecule has 12 heavy (non-hydrogen) atoms. The zero-order valence-corrected chi connectivity index (χ0v) is 8.59. The van der Waals surface area contributed by atoms with E-state index in [-0.39, 0.29) is 5.48 Å². The van der Waals surface area contributed by atoms with E-state index in [2.05, 4.69) is 19.9 Å². The molecule has 5 nitrogen and oxygen atoms in total. The molecular formula is C5H4ClIN4O. The van der Waals surface area contributed by atoms with Crippen LogP contribution >= 0.6 is 34.2 Å². The second-order valence-electron chi connectivity index (χ2n) is 1.88. The number of nitrogens with one attached hydrogen (secondary N) is 1. The van der Waals surface area contributed by atoms with E-state index < -0.39 is 0 Å². The van der Waals surface area contributed by atoms with Crippen LogP contribution in [0.3, 0.4) is 0 Å². The summed E-state index contributed by atoms with van der Waals surface area (Å²) in [5.41, 5.74) is 1.29. The lowest BCUT2D eigenvalue weighted by Crippen LogP contribution is -1.88. The number of fused-ring (bicyclic) bond motifs is 1.